The van der Waals surface area contributed by atoms with Crippen molar-refractivity contribution in [2.45, 2.75) is 13.8 Å². The SMILES string of the molecule is CCOc1cc(/C=C(\C#N)C(=O)Nc2cccc(C)c2)cc(Br)c1OCC(=O)Nc1ccccc1Cl. The smallest absolute Gasteiger partial charge is 0.266 e. The van der Waals surface area contributed by atoms with Crippen LogP contribution in [0.2, 0.25) is 5.02 Å². The fourth-order valence-electron chi connectivity index (χ4n) is 3.20. The van der Waals surface area contributed by atoms with E-state index in [-0.39, 0.29) is 12.2 Å². The van der Waals surface area contributed by atoms with Gasteiger partial charge in [-0.1, -0.05) is 35.9 Å². The zero-order chi connectivity index (χ0) is 26.1. The molecule has 3 rings (SSSR count). The maximum atomic E-state index is 12.6. The van der Waals surface area contributed by atoms with E-state index in [0.29, 0.717) is 44.5 Å². The van der Waals surface area contributed by atoms with Gasteiger partial charge in [0.15, 0.2) is 18.1 Å². The molecule has 0 aliphatic heterocycles. The van der Waals surface area contributed by atoms with Gasteiger partial charge in [0.05, 0.1) is 21.8 Å². The quantitative estimate of drug-likeness (QED) is 0.231. The first-order chi connectivity index (χ1) is 17.3. The average Bonchev–Trinajstić information content (AvgIpc) is 2.83. The van der Waals surface area contributed by atoms with Gasteiger partial charge in [0.1, 0.15) is 11.6 Å². The van der Waals surface area contributed by atoms with Gasteiger partial charge in [-0.3, -0.25) is 9.59 Å². The summed E-state index contributed by atoms with van der Waals surface area (Å²) in [5.41, 5.74) is 2.51. The standard InChI is InChI=1S/C27H23BrClN3O4/c1-3-35-24-14-18(12-19(15-30)27(34)31-20-8-6-7-17(2)11-20)13-21(28)26(24)36-16-25(33)32-23-10-5-4-9-22(23)29/h4-14H,3,16H2,1-2H3,(H,31,34)(H,32,33)/b19-12+. The van der Waals surface area contributed by atoms with E-state index >= 15 is 0 Å². The van der Waals surface area contributed by atoms with Crippen molar-refractivity contribution in [2.75, 3.05) is 23.8 Å². The van der Waals surface area contributed by atoms with Crippen LogP contribution < -0.4 is 20.1 Å². The van der Waals surface area contributed by atoms with Crippen LogP contribution in [0, 0.1) is 18.3 Å². The number of hydrogen-bond donors (Lipinski definition) is 2. The first kappa shape index (κ1) is 26.8. The first-order valence-corrected chi connectivity index (χ1v) is 12.1. The number of ether oxygens (including phenoxy) is 2. The van der Waals surface area contributed by atoms with E-state index in [9.17, 15) is 14.9 Å². The Morgan fingerprint density at radius 2 is 1.86 bits per heavy atom. The van der Waals surface area contributed by atoms with E-state index in [1.807, 2.05) is 31.2 Å². The molecule has 9 heteroatoms. The lowest BCUT2D eigenvalue weighted by Gasteiger charge is -2.15. The third kappa shape index (κ3) is 7.35. The molecule has 0 bridgehead atoms. The molecule has 0 unspecified atom stereocenters. The molecule has 0 radical (unpaired) electrons. The van der Waals surface area contributed by atoms with Gasteiger partial charge < -0.3 is 20.1 Å². The molecule has 0 aliphatic carbocycles. The molecule has 0 aliphatic rings. The Labute approximate surface area is 222 Å². The number of nitrogens with one attached hydrogen (secondary N) is 2. The second-order valence-electron chi connectivity index (χ2n) is 7.57. The van der Waals surface area contributed by atoms with Crippen LogP contribution in [0.3, 0.4) is 0 Å². The lowest BCUT2D eigenvalue weighted by Crippen LogP contribution is -2.20. The highest BCUT2D eigenvalue weighted by Gasteiger charge is 2.16. The number of nitriles is 1. The van der Waals surface area contributed by atoms with Crippen molar-refractivity contribution >= 4 is 56.8 Å². The monoisotopic (exact) mass is 567 g/mol. The van der Waals surface area contributed by atoms with Gasteiger partial charge in [-0.2, -0.15) is 5.26 Å². The third-order valence-electron chi connectivity index (χ3n) is 4.78. The number of anilines is 2. The van der Waals surface area contributed by atoms with Crippen LogP contribution in [0.5, 0.6) is 11.5 Å². The van der Waals surface area contributed by atoms with Crippen LogP contribution in [0.25, 0.3) is 6.08 Å². The molecule has 0 atom stereocenters. The van der Waals surface area contributed by atoms with E-state index in [2.05, 4.69) is 26.6 Å². The number of amides is 2. The molecule has 3 aromatic carbocycles. The molecular formula is C27H23BrClN3O4. The molecular weight excluding hydrogens is 546 g/mol. The predicted octanol–water partition coefficient (Wildman–Crippen LogP) is 6.37. The Kier molecular flexibility index (Phi) is 9.51. The summed E-state index contributed by atoms with van der Waals surface area (Å²) in [7, 11) is 0. The van der Waals surface area contributed by atoms with E-state index < -0.39 is 11.8 Å². The number of para-hydroxylation sites is 1. The Hall–Kier alpha value is -3.80. The highest BCUT2D eigenvalue weighted by Crippen LogP contribution is 2.37. The van der Waals surface area contributed by atoms with Gasteiger partial charge >= 0.3 is 0 Å². The zero-order valence-corrected chi connectivity index (χ0v) is 21.9. The van der Waals surface area contributed by atoms with Gasteiger partial charge in [-0.15, -0.1) is 0 Å². The Morgan fingerprint density at radius 1 is 1.08 bits per heavy atom. The van der Waals surface area contributed by atoms with Crippen molar-refractivity contribution in [2.24, 2.45) is 0 Å². The summed E-state index contributed by atoms with van der Waals surface area (Å²) < 4.78 is 11.9. The maximum Gasteiger partial charge on any atom is 0.266 e. The lowest BCUT2D eigenvalue weighted by atomic mass is 10.1. The number of carbonyl (C=O) groups is 2. The van der Waals surface area contributed by atoms with E-state index in [4.69, 9.17) is 21.1 Å². The Bertz CT molecular complexity index is 1350. The summed E-state index contributed by atoms with van der Waals surface area (Å²) in [6.07, 6.45) is 1.45. The minimum absolute atomic E-state index is 0.0846. The van der Waals surface area contributed by atoms with Crippen LogP contribution >= 0.6 is 27.5 Å². The maximum absolute atomic E-state index is 12.6. The van der Waals surface area contributed by atoms with E-state index in [1.165, 1.54) is 6.08 Å². The van der Waals surface area contributed by atoms with Crippen molar-refractivity contribution in [3.05, 3.63) is 86.9 Å². The summed E-state index contributed by atoms with van der Waals surface area (Å²) in [6, 6.07) is 19.4. The first-order valence-electron chi connectivity index (χ1n) is 10.9. The predicted molar refractivity (Wildman–Crippen MR) is 144 cm³/mol. The molecule has 0 spiro atoms. The molecule has 0 fully saturated rings. The van der Waals surface area contributed by atoms with Gasteiger partial charge in [-0.05, 0) is 83.4 Å². The second kappa shape index (κ2) is 12.8. The molecule has 7 nitrogen and oxygen atoms in total. The molecule has 0 aromatic heterocycles. The van der Waals surface area contributed by atoms with Gasteiger partial charge in [0, 0.05) is 5.69 Å². The van der Waals surface area contributed by atoms with Crippen LogP contribution in [-0.2, 0) is 9.59 Å². The topological polar surface area (TPSA) is 100 Å². The lowest BCUT2D eigenvalue weighted by molar-refractivity contribution is -0.118. The van der Waals surface area contributed by atoms with Crippen LogP contribution in [0.1, 0.15) is 18.1 Å². The zero-order valence-electron chi connectivity index (χ0n) is 19.6. The molecule has 2 amide bonds. The van der Waals surface area contributed by atoms with Crippen molar-refractivity contribution in [1.29, 1.82) is 5.26 Å². The normalized spacial score (nSPS) is 10.8. The van der Waals surface area contributed by atoms with Crippen molar-refractivity contribution in [1.82, 2.24) is 0 Å². The molecule has 36 heavy (non-hydrogen) atoms. The summed E-state index contributed by atoms with van der Waals surface area (Å²) in [5, 5.41) is 15.4. The van der Waals surface area contributed by atoms with Gasteiger partial charge in [-0.25, -0.2) is 0 Å². The number of hydrogen-bond acceptors (Lipinski definition) is 5. The van der Waals surface area contributed by atoms with Crippen molar-refractivity contribution in [3.8, 4) is 17.6 Å². The average molecular weight is 569 g/mol. The molecule has 0 heterocycles. The molecule has 2 N–H and O–H groups in total. The molecule has 184 valence electrons. The van der Waals surface area contributed by atoms with E-state index in [0.717, 1.165) is 5.56 Å². The summed E-state index contributed by atoms with van der Waals surface area (Å²) in [6.45, 7) is 3.76. The number of rotatable bonds is 9. The number of carbonyl (C=O) groups excluding carboxylic acids is 2. The summed E-state index contributed by atoms with van der Waals surface area (Å²) in [4.78, 5) is 25.0. The van der Waals surface area contributed by atoms with Crippen LogP contribution in [0.15, 0.2) is 70.7 Å². The van der Waals surface area contributed by atoms with Gasteiger partial charge in [0.25, 0.3) is 11.8 Å². The minimum atomic E-state index is -0.534. The fraction of sp³-hybridized carbons (Fsp3) is 0.148. The minimum Gasteiger partial charge on any atom is -0.490 e. The Balaban J connectivity index is 1.78. The molecule has 3 aromatic rings. The Morgan fingerprint density at radius 3 is 2.56 bits per heavy atom. The number of halogens is 2. The third-order valence-corrected chi connectivity index (χ3v) is 5.70. The van der Waals surface area contributed by atoms with Crippen molar-refractivity contribution in [3.63, 3.8) is 0 Å². The van der Waals surface area contributed by atoms with Gasteiger partial charge in [0.2, 0.25) is 0 Å². The largest absolute Gasteiger partial charge is 0.490 e. The van der Waals surface area contributed by atoms with Crippen LogP contribution in [-0.4, -0.2) is 25.0 Å². The summed E-state index contributed by atoms with van der Waals surface area (Å²) >= 11 is 9.52. The van der Waals surface area contributed by atoms with Crippen LogP contribution in [0.4, 0.5) is 11.4 Å². The number of nitrogens with zero attached hydrogens (tertiary/aromatic N) is 1. The molecule has 0 saturated heterocycles. The molecule has 0 saturated carbocycles. The highest BCUT2D eigenvalue weighted by molar-refractivity contribution is 9.10. The van der Waals surface area contributed by atoms with E-state index in [1.54, 1.807) is 49.4 Å². The highest BCUT2D eigenvalue weighted by atomic mass is 79.9. The number of benzene rings is 3. The number of aryl methyl sites for hydroxylation is 1. The second-order valence-corrected chi connectivity index (χ2v) is 8.83. The fourth-order valence-corrected chi connectivity index (χ4v) is 3.95. The van der Waals surface area contributed by atoms with Crippen molar-refractivity contribution < 1.29 is 19.1 Å². The summed E-state index contributed by atoms with van der Waals surface area (Å²) in [5.74, 6) is -0.277.